The van der Waals surface area contributed by atoms with Gasteiger partial charge in [-0.2, -0.15) is 5.10 Å². The zero-order chi connectivity index (χ0) is 18.4. The lowest BCUT2D eigenvalue weighted by Gasteiger charge is -2.30. The number of hydrogen-bond donors (Lipinski definition) is 1. The fourth-order valence-corrected chi connectivity index (χ4v) is 3.89. The van der Waals surface area contributed by atoms with Crippen molar-refractivity contribution in [2.75, 3.05) is 39.5 Å². The average Bonchev–Trinajstić information content (AvgIpc) is 2.95. The number of nitrogens with one attached hydrogen (secondary N) is 1. The molecule has 0 spiro atoms. The van der Waals surface area contributed by atoms with Crippen LogP contribution in [-0.2, 0) is 23.6 Å². The summed E-state index contributed by atoms with van der Waals surface area (Å²) in [6, 6.07) is 0. The lowest BCUT2D eigenvalue weighted by Crippen LogP contribution is -2.40. The summed E-state index contributed by atoms with van der Waals surface area (Å²) in [7, 11) is 0.857. The van der Waals surface area contributed by atoms with E-state index in [9.17, 15) is 8.42 Å². The molecule has 1 aromatic heterocycles. The molecule has 1 fully saturated rings. The molecule has 2 heterocycles. The Morgan fingerprint density at radius 3 is 2.64 bits per heavy atom. The van der Waals surface area contributed by atoms with E-state index < -0.39 is 10.0 Å². The molecule has 0 aliphatic carbocycles. The van der Waals surface area contributed by atoms with Crippen LogP contribution in [-0.4, -0.2) is 72.8 Å². The number of piperidine rings is 1. The monoisotopic (exact) mass is 370 g/mol. The Hall–Kier alpha value is -1.61. The Labute approximate surface area is 151 Å². The van der Waals surface area contributed by atoms with Crippen LogP contribution in [0.15, 0.2) is 17.4 Å². The van der Waals surface area contributed by atoms with Crippen molar-refractivity contribution in [3.8, 4) is 0 Å². The van der Waals surface area contributed by atoms with Crippen LogP contribution in [0.5, 0.6) is 0 Å². The number of hydrogen-bond acceptors (Lipinski definition) is 4. The molecule has 142 valence electrons. The van der Waals surface area contributed by atoms with Crippen LogP contribution in [0.3, 0.4) is 0 Å². The third-order valence-corrected chi connectivity index (χ3v) is 5.72. The van der Waals surface area contributed by atoms with Crippen LogP contribution >= 0.6 is 0 Å². The Morgan fingerprint density at radius 1 is 1.44 bits per heavy atom. The van der Waals surface area contributed by atoms with Crippen LogP contribution in [0.25, 0.3) is 0 Å². The van der Waals surface area contributed by atoms with Gasteiger partial charge in [0.05, 0.1) is 12.5 Å². The van der Waals surface area contributed by atoms with E-state index in [1.54, 1.807) is 8.99 Å². The molecule has 1 N–H and O–H groups in total. The zero-order valence-corrected chi connectivity index (χ0v) is 16.5. The van der Waals surface area contributed by atoms with E-state index in [1.165, 1.54) is 6.26 Å². The summed E-state index contributed by atoms with van der Waals surface area (Å²) in [6.07, 6.45) is 6.87. The number of aromatic nitrogens is 2. The van der Waals surface area contributed by atoms with Crippen LogP contribution < -0.4 is 5.32 Å². The molecule has 25 heavy (non-hydrogen) atoms. The highest BCUT2D eigenvalue weighted by atomic mass is 32.2. The van der Waals surface area contributed by atoms with Crippen molar-refractivity contribution in [2.24, 2.45) is 18.0 Å². The third-order valence-electron chi connectivity index (χ3n) is 4.42. The molecule has 0 radical (unpaired) electrons. The molecule has 0 bridgehead atoms. The molecule has 1 aromatic rings. The molecule has 1 saturated heterocycles. The predicted octanol–water partition coefficient (Wildman–Crippen LogP) is 0.489. The van der Waals surface area contributed by atoms with Gasteiger partial charge in [0.15, 0.2) is 5.96 Å². The summed E-state index contributed by atoms with van der Waals surface area (Å²) in [5.74, 6) is 1.30. The SMILES string of the molecule is CCNC(=NCC1CCN(S(C)(=O)=O)CC1)N(C)Cc1cnn(C)c1. The number of aliphatic imine (C=N–C) groups is 1. The first kappa shape index (κ1) is 19.7. The fraction of sp³-hybridized carbons (Fsp3) is 0.750. The molecule has 0 atom stereocenters. The minimum atomic E-state index is -3.07. The molecule has 0 saturated carbocycles. The standard InChI is InChI=1S/C16H30N6O2S/c1-5-17-16(20(2)12-15-11-19-21(3)13-15)18-10-14-6-8-22(9-7-14)25(4,23)24/h11,13-14H,5-10,12H2,1-4H3,(H,17,18). The number of rotatable bonds is 6. The minimum Gasteiger partial charge on any atom is -0.357 e. The van der Waals surface area contributed by atoms with Crippen molar-refractivity contribution < 1.29 is 8.42 Å². The Morgan fingerprint density at radius 2 is 2.12 bits per heavy atom. The summed E-state index contributed by atoms with van der Waals surface area (Å²) in [5, 5.41) is 7.52. The summed E-state index contributed by atoms with van der Waals surface area (Å²) < 4.78 is 26.5. The average molecular weight is 371 g/mol. The van der Waals surface area contributed by atoms with Gasteiger partial charge in [0.2, 0.25) is 10.0 Å². The summed E-state index contributed by atoms with van der Waals surface area (Å²) >= 11 is 0. The second-order valence-electron chi connectivity index (χ2n) is 6.68. The quantitative estimate of drug-likeness (QED) is 0.582. The number of guanidine groups is 1. The maximum atomic E-state index is 11.6. The lowest BCUT2D eigenvalue weighted by molar-refractivity contribution is 0.279. The molecule has 0 aromatic carbocycles. The van der Waals surface area contributed by atoms with Gasteiger partial charge in [-0.25, -0.2) is 12.7 Å². The highest BCUT2D eigenvalue weighted by molar-refractivity contribution is 7.88. The molecule has 1 aliphatic heterocycles. The summed E-state index contributed by atoms with van der Waals surface area (Å²) in [5.41, 5.74) is 1.14. The third kappa shape index (κ3) is 6.00. The largest absolute Gasteiger partial charge is 0.357 e. The molecule has 2 rings (SSSR count). The summed E-state index contributed by atoms with van der Waals surface area (Å²) in [4.78, 5) is 6.85. The highest BCUT2D eigenvalue weighted by Gasteiger charge is 2.24. The maximum absolute atomic E-state index is 11.6. The van der Waals surface area contributed by atoms with Gasteiger partial charge in [0.25, 0.3) is 0 Å². The lowest BCUT2D eigenvalue weighted by atomic mass is 9.98. The number of sulfonamides is 1. The first-order valence-corrected chi connectivity index (χ1v) is 10.6. The molecule has 9 heteroatoms. The van der Waals surface area contributed by atoms with Crippen LogP contribution in [0.1, 0.15) is 25.3 Å². The fourth-order valence-electron chi connectivity index (χ4n) is 3.01. The van der Waals surface area contributed by atoms with Gasteiger partial charge < -0.3 is 10.2 Å². The van der Waals surface area contributed by atoms with Gasteiger partial charge in [-0.1, -0.05) is 0 Å². The van der Waals surface area contributed by atoms with Crippen molar-refractivity contribution in [1.29, 1.82) is 0 Å². The molecule has 1 aliphatic rings. The Bertz CT molecular complexity index is 677. The minimum absolute atomic E-state index is 0.429. The number of nitrogens with zero attached hydrogens (tertiary/aromatic N) is 5. The maximum Gasteiger partial charge on any atom is 0.211 e. The van der Waals surface area contributed by atoms with Gasteiger partial charge in [0.1, 0.15) is 0 Å². The second kappa shape index (κ2) is 8.66. The molecule has 0 amide bonds. The smallest absolute Gasteiger partial charge is 0.211 e. The van der Waals surface area contributed by atoms with Crippen molar-refractivity contribution in [3.05, 3.63) is 18.0 Å². The highest BCUT2D eigenvalue weighted by Crippen LogP contribution is 2.19. The first-order valence-electron chi connectivity index (χ1n) is 8.71. The van der Waals surface area contributed by atoms with E-state index in [0.717, 1.165) is 44.0 Å². The predicted molar refractivity (Wildman–Crippen MR) is 99.8 cm³/mol. The molecular weight excluding hydrogens is 340 g/mol. The van der Waals surface area contributed by atoms with Crippen molar-refractivity contribution in [1.82, 2.24) is 24.3 Å². The molecule has 8 nitrogen and oxygen atoms in total. The van der Waals surface area contributed by atoms with E-state index in [1.807, 2.05) is 26.5 Å². The summed E-state index contributed by atoms with van der Waals surface area (Å²) in [6.45, 7) is 5.52. The molecular formula is C16H30N6O2S. The topological polar surface area (TPSA) is 82.8 Å². The van der Waals surface area contributed by atoms with E-state index >= 15 is 0 Å². The van der Waals surface area contributed by atoms with Gasteiger partial charge in [-0.15, -0.1) is 0 Å². The van der Waals surface area contributed by atoms with Crippen molar-refractivity contribution in [2.45, 2.75) is 26.3 Å². The van der Waals surface area contributed by atoms with Crippen molar-refractivity contribution in [3.63, 3.8) is 0 Å². The van der Waals surface area contributed by atoms with E-state index in [4.69, 9.17) is 4.99 Å². The Kier molecular flexibility index (Phi) is 6.83. The van der Waals surface area contributed by atoms with Gasteiger partial charge >= 0.3 is 0 Å². The van der Waals surface area contributed by atoms with E-state index in [0.29, 0.717) is 19.0 Å². The van der Waals surface area contributed by atoms with Gasteiger partial charge in [-0.3, -0.25) is 9.67 Å². The van der Waals surface area contributed by atoms with Crippen LogP contribution in [0.2, 0.25) is 0 Å². The van der Waals surface area contributed by atoms with Crippen LogP contribution in [0.4, 0.5) is 0 Å². The van der Waals surface area contributed by atoms with Gasteiger partial charge in [-0.05, 0) is 25.7 Å². The Balaban J connectivity index is 1.91. The number of aryl methyl sites for hydroxylation is 1. The zero-order valence-electron chi connectivity index (χ0n) is 15.6. The van der Waals surface area contributed by atoms with Gasteiger partial charge in [0, 0.05) is 58.6 Å². The normalized spacial score (nSPS) is 17.7. The van der Waals surface area contributed by atoms with Crippen LogP contribution in [0, 0.1) is 5.92 Å². The first-order chi connectivity index (χ1) is 11.8. The molecule has 0 unspecified atom stereocenters. The van der Waals surface area contributed by atoms with Crippen molar-refractivity contribution >= 4 is 16.0 Å². The van der Waals surface area contributed by atoms with E-state index in [-0.39, 0.29) is 0 Å². The van der Waals surface area contributed by atoms with E-state index in [2.05, 4.69) is 22.2 Å². The second-order valence-corrected chi connectivity index (χ2v) is 8.66.